The zero-order chi connectivity index (χ0) is 119. The van der Waals surface area contributed by atoms with Crippen LogP contribution >= 0.6 is 0 Å². The summed E-state index contributed by atoms with van der Waals surface area (Å²) < 4.78 is 91.7. The van der Waals surface area contributed by atoms with Crippen LogP contribution in [-0.4, -0.2) is 289 Å². The van der Waals surface area contributed by atoms with Crippen molar-refractivity contribution in [2.45, 2.75) is 358 Å². The molecule has 4 atom stereocenters. The number of aliphatic hydroxyl groups excluding tert-OH is 4. The standard InChI is InChI=1S/4C13H22O5.4C9H18O3.C8H16O2.2C7H14O2/c4*1-6-13(4,5)12(16)18-8-10(14)7-17-11(15)9(2)3;4*1-5-9(2,3)8(10)12-7-6-11-4;1-5-8(3,4)7(9)10-6-2;2*1-5-7(2,3)6(8)9-4/h4*10,14H,2,6-8H2,1,3-5H3;4*5-7H2,1-4H3;5-6H2,1-4H3;2*5H2,1-4H3. The van der Waals surface area contributed by atoms with Gasteiger partial charge in [-0.3, -0.25) is 52.7 Å². The minimum Gasteiger partial charge on any atom is -0.469 e. The molecule has 0 heterocycles. The zero-order valence-electron chi connectivity index (χ0n) is 99.6. The Morgan fingerprint density at radius 1 is 0.189 bits per heavy atom. The van der Waals surface area contributed by atoms with Gasteiger partial charge in [0, 0.05) is 50.7 Å². The molecule has 872 valence electrons. The highest BCUT2D eigenvalue weighted by Crippen LogP contribution is 2.29. The third-order valence-electron chi connectivity index (χ3n) is 23.2. The average Bonchev–Trinajstić information content (AvgIpc) is 0.893. The normalized spacial score (nSPS) is 12.0. The van der Waals surface area contributed by atoms with E-state index in [-0.39, 0.29) is 179 Å². The number of carbonyl (C=O) groups is 15. The van der Waals surface area contributed by atoms with Crippen molar-refractivity contribution in [3.05, 3.63) is 48.6 Å². The summed E-state index contributed by atoms with van der Waals surface area (Å²) in [6.45, 7) is 85.4. The number of carbonyl (C=O) groups excluding carboxylic acids is 15. The van der Waals surface area contributed by atoms with E-state index in [1.54, 1.807) is 83.8 Å². The summed E-state index contributed by atoms with van der Waals surface area (Å²) in [5.41, 5.74) is -3.68. The Hall–Kier alpha value is -9.31. The molecule has 4 unspecified atom stereocenters. The van der Waals surface area contributed by atoms with Crippen LogP contribution in [-0.2, 0) is 162 Å². The van der Waals surface area contributed by atoms with Crippen molar-refractivity contribution >= 4 is 89.5 Å². The van der Waals surface area contributed by atoms with Gasteiger partial charge in [-0.25, -0.2) is 19.2 Å². The summed E-state index contributed by atoms with van der Waals surface area (Å²) in [6.07, 6.45) is 4.11. The molecule has 0 aromatic carbocycles. The van der Waals surface area contributed by atoms with Gasteiger partial charge >= 0.3 is 89.5 Å². The summed E-state index contributed by atoms with van der Waals surface area (Å²) in [5, 5.41) is 37.9. The molecule has 0 bridgehead atoms. The monoisotopic (exact) mass is 2130 g/mol. The van der Waals surface area contributed by atoms with Crippen molar-refractivity contribution in [2.75, 3.05) is 155 Å². The second-order valence-corrected chi connectivity index (χ2v) is 41.4. The first-order valence-electron chi connectivity index (χ1n) is 50.3. The molecule has 0 aromatic rings. The highest BCUT2D eigenvalue weighted by atomic mass is 16.6. The summed E-state index contributed by atoms with van der Waals surface area (Å²) in [6, 6.07) is 0. The van der Waals surface area contributed by atoms with Crippen LogP contribution in [0.1, 0.15) is 334 Å². The summed E-state index contributed by atoms with van der Waals surface area (Å²) in [4.78, 5) is 168. The topological polar surface area (TPSA) is 512 Å². The minimum absolute atomic E-state index is 0.0995. The maximum absolute atomic E-state index is 11.6. The van der Waals surface area contributed by atoms with E-state index in [0.29, 0.717) is 85.1 Å². The van der Waals surface area contributed by atoms with E-state index in [4.69, 9.17) is 80.5 Å². The molecule has 38 heteroatoms. The predicted octanol–water partition coefficient (Wildman–Crippen LogP) is 17.4. The number of ether oxygens (including phenoxy) is 19. The molecule has 0 radical (unpaired) electrons. The fourth-order valence-electron chi connectivity index (χ4n) is 6.96. The number of hydrogen-bond donors (Lipinski definition) is 4. The molecule has 148 heavy (non-hydrogen) atoms. The van der Waals surface area contributed by atoms with Crippen molar-refractivity contribution < 1.29 is 182 Å². The Labute approximate surface area is 889 Å². The Balaban J connectivity index is -0.000000156. The highest BCUT2D eigenvalue weighted by Gasteiger charge is 2.36. The summed E-state index contributed by atoms with van der Waals surface area (Å²) in [5.74, 6) is -4.79. The molecule has 0 fully saturated rings. The summed E-state index contributed by atoms with van der Waals surface area (Å²) in [7, 11) is 9.16. The van der Waals surface area contributed by atoms with Crippen LogP contribution in [0.25, 0.3) is 0 Å². The molecule has 0 aliphatic heterocycles. The van der Waals surface area contributed by atoms with E-state index in [0.717, 1.165) is 44.9 Å². The predicted molar refractivity (Wildman–Crippen MR) is 568 cm³/mol. The van der Waals surface area contributed by atoms with Crippen LogP contribution < -0.4 is 0 Å². The SMILES string of the molecule is C=C(C)C(=O)OCC(O)COC(=O)C(C)(C)CC.C=C(C)C(=O)OCC(O)COC(=O)C(C)(C)CC.C=C(C)C(=O)OCC(O)COC(=O)C(C)(C)CC.C=C(C)C(=O)OCC(O)COC(=O)C(C)(C)CC.CCC(C)(C)C(=O)OC.CCC(C)(C)C(=O)OC.CCC(C)(C)C(=O)OCCOC.CCC(C)(C)C(=O)OCCOC.CCC(C)(C)C(=O)OCCOC.CCC(C)(C)C(=O)OCCOC.CCOC(=O)C(C)(C)CC. The van der Waals surface area contributed by atoms with Gasteiger partial charge in [-0.1, -0.05) is 102 Å². The van der Waals surface area contributed by atoms with Crippen LogP contribution in [0, 0.1) is 59.6 Å². The molecule has 38 nitrogen and oxygen atoms in total. The number of aliphatic hydroxyl groups is 4. The Bertz CT molecular complexity index is 3360. The molecule has 0 aliphatic carbocycles. The molecule has 0 aliphatic rings. The maximum Gasteiger partial charge on any atom is 0.333 e. The first kappa shape index (κ1) is 161. The largest absolute Gasteiger partial charge is 0.469 e. The van der Waals surface area contributed by atoms with E-state index in [2.05, 4.69) is 35.8 Å². The molecule has 0 saturated heterocycles. The molecule has 0 saturated carbocycles. The fraction of sp³-hybridized carbons (Fsp3) is 0.791. The van der Waals surface area contributed by atoms with Gasteiger partial charge in [-0.15, -0.1) is 0 Å². The highest BCUT2D eigenvalue weighted by molar-refractivity contribution is 5.89. The van der Waals surface area contributed by atoms with Gasteiger partial charge in [-0.2, -0.15) is 0 Å². The van der Waals surface area contributed by atoms with Crippen molar-refractivity contribution in [3.63, 3.8) is 0 Å². The second-order valence-electron chi connectivity index (χ2n) is 41.4. The summed E-state index contributed by atoms with van der Waals surface area (Å²) >= 11 is 0. The zero-order valence-corrected chi connectivity index (χ0v) is 99.6. The lowest BCUT2D eigenvalue weighted by Gasteiger charge is -2.21. The van der Waals surface area contributed by atoms with E-state index in [1.165, 1.54) is 41.9 Å². The van der Waals surface area contributed by atoms with Crippen molar-refractivity contribution in [2.24, 2.45) is 59.6 Å². The molecule has 0 spiro atoms. The van der Waals surface area contributed by atoms with Crippen LogP contribution in [0.15, 0.2) is 48.6 Å². The third kappa shape index (κ3) is 84.4. The third-order valence-corrected chi connectivity index (χ3v) is 23.2. The van der Waals surface area contributed by atoms with E-state index in [1.807, 2.05) is 180 Å². The van der Waals surface area contributed by atoms with Gasteiger partial charge in [0.1, 0.15) is 104 Å². The number of rotatable bonds is 55. The molecule has 0 amide bonds. The van der Waals surface area contributed by atoms with Crippen molar-refractivity contribution in [3.8, 4) is 0 Å². The van der Waals surface area contributed by atoms with Crippen molar-refractivity contribution in [1.82, 2.24) is 0 Å². The van der Waals surface area contributed by atoms with Crippen LogP contribution in [0.2, 0.25) is 0 Å². The molecule has 4 N–H and O–H groups in total. The number of methoxy groups -OCH3 is 6. The number of esters is 15. The number of hydrogen-bond acceptors (Lipinski definition) is 38. The first-order valence-corrected chi connectivity index (χ1v) is 50.3. The van der Waals surface area contributed by atoms with Gasteiger partial charge in [0.2, 0.25) is 0 Å². The Morgan fingerprint density at radius 3 is 0.405 bits per heavy atom. The first-order chi connectivity index (χ1) is 67.6. The lowest BCUT2D eigenvalue weighted by Crippen LogP contribution is -2.31. The fourth-order valence-corrected chi connectivity index (χ4v) is 6.96. The van der Waals surface area contributed by atoms with Gasteiger partial charge in [0.25, 0.3) is 0 Å². The smallest absolute Gasteiger partial charge is 0.333 e. The minimum atomic E-state index is -1.02. The van der Waals surface area contributed by atoms with Crippen molar-refractivity contribution in [1.29, 1.82) is 0 Å². The van der Waals surface area contributed by atoms with Gasteiger partial charge in [0.05, 0.1) is 107 Å². The maximum atomic E-state index is 11.6. The van der Waals surface area contributed by atoms with E-state index >= 15 is 0 Å². The lowest BCUT2D eigenvalue weighted by molar-refractivity contribution is -0.160. The van der Waals surface area contributed by atoms with E-state index < -0.39 is 70.0 Å². The molecular formula is C110H204O38. The Morgan fingerprint density at radius 2 is 0.304 bits per heavy atom. The van der Waals surface area contributed by atoms with Gasteiger partial charge < -0.3 is 110 Å². The quantitative estimate of drug-likeness (QED) is 0.0190. The molecule has 0 aromatic heterocycles. The second kappa shape index (κ2) is 86.3. The van der Waals surface area contributed by atoms with Gasteiger partial charge in [0.15, 0.2) is 0 Å². The molecular weight excluding hydrogens is 1930 g/mol. The van der Waals surface area contributed by atoms with Crippen LogP contribution in [0.4, 0.5) is 0 Å². The van der Waals surface area contributed by atoms with Crippen LogP contribution in [0.3, 0.4) is 0 Å². The van der Waals surface area contributed by atoms with Gasteiger partial charge in [-0.05, 0) is 258 Å². The van der Waals surface area contributed by atoms with Crippen LogP contribution in [0.5, 0.6) is 0 Å². The van der Waals surface area contributed by atoms with E-state index in [9.17, 15) is 92.3 Å². The lowest BCUT2D eigenvalue weighted by atomic mass is 9.91. The Kier molecular flexibility index (Phi) is 94.0. The average molecular weight is 2130 g/mol. The molecule has 0 rings (SSSR count).